The van der Waals surface area contributed by atoms with Crippen molar-refractivity contribution in [1.82, 2.24) is 14.8 Å². The first kappa shape index (κ1) is 20.2. The number of nitrogens with one attached hydrogen (secondary N) is 1. The predicted molar refractivity (Wildman–Crippen MR) is 113 cm³/mol. The molecule has 0 unspecified atom stereocenters. The van der Waals surface area contributed by atoms with Crippen molar-refractivity contribution >= 4 is 23.2 Å². The molecular formula is C23H20F2N4O3. The van der Waals surface area contributed by atoms with Crippen LogP contribution in [0.2, 0.25) is 0 Å². The minimum atomic E-state index is -1.02. The van der Waals surface area contributed by atoms with Crippen LogP contribution in [0.25, 0.3) is 5.57 Å². The smallest absolute Gasteiger partial charge is 0.322 e. The largest absolute Gasteiger partial charge is 0.481 e. The summed E-state index contributed by atoms with van der Waals surface area (Å²) in [5.41, 5.74) is 3.17. The van der Waals surface area contributed by atoms with Gasteiger partial charge in [0, 0.05) is 30.3 Å². The maximum atomic E-state index is 14.2. The number of amides is 3. The van der Waals surface area contributed by atoms with E-state index in [9.17, 15) is 18.4 Å². The van der Waals surface area contributed by atoms with Crippen LogP contribution in [0.4, 0.5) is 19.3 Å². The van der Waals surface area contributed by atoms with E-state index in [1.165, 1.54) is 11.0 Å². The third-order valence-electron chi connectivity index (χ3n) is 6.25. The molecule has 7 nitrogen and oxygen atoms in total. The number of carbonyl (C=O) groups excluding carboxylic acids is 2. The van der Waals surface area contributed by atoms with E-state index < -0.39 is 17.7 Å². The van der Waals surface area contributed by atoms with Gasteiger partial charge < -0.3 is 19.9 Å². The minimum absolute atomic E-state index is 0.0265. The summed E-state index contributed by atoms with van der Waals surface area (Å²) in [4.78, 5) is 32.4. The van der Waals surface area contributed by atoms with Crippen molar-refractivity contribution in [2.24, 2.45) is 5.92 Å². The second-order valence-electron chi connectivity index (χ2n) is 8.00. The molecular weight excluding hydrogens is 418 g/mol. The van der Waals surface area contributed by atoms with Gasteiger partial charge in [0.15, 0.2) is 11.6 Å². The van der Waals surface area contributed by atoms with Crippen LogP contribution in [0.1, 0.15) is 11.1 Å². The van der Waals surface area contributed by atoms with Gasteiger partial charge in [-0.05, 0) is 34.9 Å². The summed E-state index contributed by atoms with van der Waals surface area (Å²) >= 11 is 0. The highest BCUT2D eigenvalue weighted by atomic mass is 19.2. The van der Waals surface area contributed by atoms with Gasteiger partial charge in [0.25, 0.3) is 0 Å². The second-order valence-corrected chi connectivity index (χ2v) is 8.00. The van der Waals surface area contributed by atoms with E-state index in [4.69, 9.17) is 4.74 Å². The van der Waals surface area contributed by atoms with Gasteiger partial charge in [0.05, 0.1) is 25.4 Å². The number of halogens is 2. The van der Waals surface area contributed by atoms with Gasteiger partial charge in [-0.1, -0.05) is 12.7 Å². The van der Waals surface area contributed by atoms with Crippen molar-refractivity contribution in [3.05, 3.63) is 71.5 Å². The monoisotopic (exact) mass is 438 g/mol. The number of benzene rings is 1. The molecule has 1 aliphatic carbocycles. The van der Waals surface area contributed by atoms with Crippen LogP contribution < -0.4 is 10.1 Å². The van der Waals surface area contributed by atoms with E-state index >= 15 is 0 Å². The van der Waals surface area contributed by atoms with E-state index in [1.807, 2.05) is 18.2 Å². The molecule has 0 saturated carbocycles. The number of ether oxygens (including phenoxy) is 1. The molecule has 5 rings (SSSR count). The Balaban J connectivity index is 1.33. The van der Waals surface area contributed by atoms with Gasteiger partial charge in [0.2, 0.25) is 11.8 Å². The normalized spacial score (nSPS) is 21.4. The third kappa shape index (κ3) is 3.12. The first-order valence-electron chi connectivity index (χ1n) is 10.1. The number of hydrogen-bond donors (Lipinski definition) is 1. The fourth-order valence-electron chi connectivity index (χ4n) is 4.57. The van der Waals surface area contributed by atoms with Gasteiger partial charge in [0.1, 0.15) is 6.54 Å². The fourth-order valence-corrected chi connectivity index (χ4v) is 4.57. The number of rotatable bonds is 4. The Morgan fingerprint density at radius 2 is 2.16 bits per heavy atom. The summed E-state index contributed by atoms with van der Waals surface area (Å²) in [6.45, 7) is 4.17. The molecule has 3 aliphatic rings. The molecule has 9 heteroatoms. The van der Waals surface area contributed by atoms with Crippen molar-refractivity contribution < 1.29 is 23.1 Å². The highest BCUT2D eigenvalue weighted by Crippen LogP contribution is 2.45. The van der Waals surface area contributed by atoms with E-state index in [2.05, 4.69) is 16.9 Å². The van der Waals surface area contributed by atoms with Gasteiger partial charge in [-0.2, -0.15) is 0 Å². The molecule has 1 aromatic heterocycles. The molecule has 2 bridgehead atoms. The van der Waals surface area contributed by atoms with E-state index in [1.54, 1.807) is 18.2 Å². The summed E-state index contributed by atoms with van der Waals surface area (Å²) in [7, 11) is 1.55. The topological polar surface area (TPSA) is 74.8 Å². The van der Waals surface area contributed by atoms with Gasteiger partial charge >= 0.3 is 6.03 Å². The standard InChI is InChI=1S/C23H20F2N4O3/c1-12-15-10-29(19(12)8-14(15)13-5-6-26-20(7-13)32-2)21(30)11-28-9-16-18(27-23(28)31)4-3-17(24)22(16)25/h3-8,15,19H,1,9-11H2,2H3,(H,27,31)/t15-,19-/m1/s1. The molecule has 2 atom stereocenters. The Kier molecular flexibility index (Phi) is 4.69. The quantitative estimate of drug-likeness (QED) is 0.744. The van der Waals surface area contributed by atoms with Crippen LogP contribution in [0, 0.1) is 17.6 Å². The SMILES string of the molecule is C=C1[C@H]2CN(C(=O)CN3Cc4c(ccc(F)c4F)NC3=O)[C@@H]1C=C2c1ccnc(OC)c1. The molecule has 3 heterocycles. The summed E-state index contributed by atoms with van der Waals surface area (Å²) in [5.74, 6) is -1.82. The first-order valence-corrected chi connectivity index (χ1v) is 10.1. The average Bonchev–Trinajstić information content (AvgIpc) is 3.29. The van der Waals surface area contributed by atoms with Crippen LogP contribution in [-0.4, -0.2) is 53.0 Å². The Labute approximate surface area is 183 Å². The molecule has 164 valence electrons. The molecule has 3 amide bonds. The highest BCUT2D eigenvalue weighted by Gasteiger charge is 2.45. The third-order valence-corrected chi connectivity index (χ3v) is 6.25. The zero-order chi connectivity index (χ0) is 22.6. The Hall–Kier alpha value is -3.75. The Morgan fingerprint density at radius 3 is 2.88 bits per heavy atom. The maximum Gasteiger partial charge on any atom is 0.322 e. The van der Waals surface area contributed by atoms with Crippen molar-refractivity contribution in [1.29, 1.82) is 0 Å². The average molecular weight is 438 g/mol. The molecule has 1 fully saturated rings. The summed E-state index contributed by atoms with van der Waals surface area (Å²) in [5, 5.41) is 2.52. The van der Waals surface area contributed by atoms with Crippen molar-refractivity contribution in [2.45, 2.75) is 12.6 Å². The summed E-state index contributed by atoms with van der Waals surface area (Å²) < 4.78 is 33.0. The number of aromatic nitrogens is 1. The second kappa shape index (κ2) is 7.44. The lowest BCUT2D eigenvalue weighted by atomic mass is 9.94. The Morgan fingerprint density at radius 1 is 1.34 bits per heavy atom. The van der Waals surface area contributed by atoms with E-state index in [0.717, 1.165) is 22.8 Å². The first-order chi connectivity index (χ1) is 15.4. The number of likely N-dealkylation sites (tertiary alicyclic amines) is 1. The van der Waals surface area contributed by atoms with Crippen LogP contribution >= 0.6 is 0 Å². The molecule has 0 spiro atoms. The molecule has 1 N–H and O–H groups in total. The summed E-state index contributed by atoms with van der Waals surface area (Å²) in [6, 6.07) is 5.20. The van der Waals surface area contributed by atoms with Crippen LogP contribution in [0.15, 0.2) is 48.7 Å². The van der Waals surface area contributed by atoms with Gasteiger partial charge in [-0.15, -0.1) is 0 Å². The van der Waals surface area contributed by atoms with Gasteiger partial charge in [-0.25, -0.2) is 18.6 Å². The van der Waals surface area contributed by atoms with E-state index in [0.29, 0.717) is 12.4 Å². The Bertz CT molecular complexity index is 1200. The van der Waals surface area contributed by atoms with Crippen molar-refractivity contribution in [2.75, 3.05) is 25.5 Å². The van der Waals surface area contributed by atoms with Crippen molar-refractivity contribution in [3.8, 4) is 5.88 Å². The number of nitrogens with zero attached hydrogens (tertiary/aromatic N) is 3. The number of anilines is 1. The molecule has 2 aliphatic heterocycles. The predicted octanol–water partition coefficient (Wildman–Crippen LogP) is 3.20. The van der Waals surface area contributed by atoms with Gasteiger partial charge in [-0.3, -0.25) is 4.79 Å². The lowest BCUT2D eigenvalue weighted by molar-refractivity contribution is -0.132. The number of pyridine rings is 1. The number of hydrogen-bond acceptors (Lipinski definition) is 4. The highest BCUT2D eigenvalue weighted by molar-refractivity contribution is 5.95. The van der Waals surface area contributed by atoms with E-state index in [-0.39, 0.29) is 42.2 Å². The summed E-state index contributed by atoms with van der Waals surface area (Å²) in [6.07, 6.45) is 3.66. The van der Waals surface area contributed by atoms with Crippen molar-refractivity contribution in [3.63, 3.8) is 0 Å². The molecule has 1 aromatic carbocycles. The van der Waals surface area contributed by atoms with Crippen LogP contribution in [0.5, 0.6) is 5.88 Å². The molecule has 1 saturated heterocycles. The number of carbonyl (C=O) groups is 2. The maximum absolute atomic E-state index is 14.2. The number of urea groups is 1. The van der Waals surface area contributed by atoms with Crippen LogP contribution in [0.3, 0.4) is 0 Å². The fraction of sp³-hybridized carbons (Fsp3) is 0.261. The lowest BCUT2D eigenvalue weighted by Crippen LogP contribution is -2.47. The number of fused-ring (bicyclic) bond motifs is 3. The molecule has 0 radical (unpaired) electrons. The zero-order valence-corrected chi connectivity index (χ0v) is 17.3. The molecule has 32 heavy (non-hydrogen) atoms. The number of methoxy groups -OCH3 is 1. The lowest BCUT2D eigenvalue weighted by Gasteiger charge is -2.32. The zero-order valence-electron chi connectivity index (χ0n) is 17.3. The van der Waals surface area contributed by atoms with Crippen LogP contribution in [-0.2, 0) is 11.3 Å². The minimum Gasteiger partial charge on any atom is -0.481 e. The molecule has 2 aromatic rings.